The molecular formula is C19H39. The van der Waals surface area contributed by atoms with Crippen LogP contribution in [0.4, 0.5) is 0 Å². The Morgan fingerprint density at radius 2 is 1.00 bits per heavy atom. The van der Waals surface area contributed by atoms with Gasteiger partial charge in [-0.1, -0.05) is 117 Å². The van der Waals surface area contributed by atoms with E-state index in [2.05, 4.69) is 20.8 Å². The fourth-order valence-electron chi connectivity index (χ4n) is 2.94. The maximum absolute atomic E-state index is 3.99. The summed E-state index contributed by atoms with van der Waals surface area (Å²) in [5.74, 6) is 1.00. The van der Waals surface area contributed by atoms with E-state index in [1.54, 1.807) is 0 Å². The van der Waals surface area contributed by atoms with E-state index in [4.69, 9.17) is 0 Å². The number of hydrogen-bond acceptors (Lipinski definition) is 0. The molecule has 0 aromatic heterocycles. The van der Waals surface area contributed by atoms with E-state index in [0.717, 1.165) is 12.3 Å². The summed E-state index contributed by atoms with van der Waals surface area (Å²) in [5.41, 5.74) is 0. The van der Waals surface area contributed by atoms with Crippen LogP contribution in [0.3, 0.4) is 0 Å². The summed E-state index contributed by atoms with van der Waals surface area (Å²) in [6.45, 7) is 8.59. The largest absolute Gasteiger partial charge is 0.0654 e. The number of unbranched alkanes of at least 4 members (excludes halogenated alkanes) is 9. The lowest BCUT2D eigenvalue weighted by Crippen LogP contribution is -2.01. The zero-order valence-corrected chi connectivity index (χ0v) is 13.9. The Bertz CT molecular complexity index is 150. The Labute approximate surface area is 123 Å². The van der Waals surface area contributed by atoms with Gasteiger partial charge in [0.05, 0.1) is 0 Å². The predicted octanol–water partition coefficient (Wildman–Crippen LogP) is 7.33. The molecule has 0 aromatic carbocycles. The number of rotatable bonds is 15. The molecule has 0 nitrogen and oxygen atoms in total. The first kappa shape index (κ1) is 19.0. The third-order valence-electron chi connectivity index (χ3n) is 4.29. The smallest absolute Gasteiger partial charge is 0.0414 e. The minimum atomic E-state index is 1.00. The molecule has 1 radical (unpaired) electrons. The van der Waals surface area contributed by atoms with Gasteiger partial charge in [0.25, 0.3) is 0 Å². The summed E-state index contributed by atoms with van der Waals surface area (Å²) >= 11 is 0. The van der Waals surface area contributed by atoms with E-state index in [9.17, 15) is 0 Å². The molecule has 1 unspecified atom stereocenters. The highest BCUT2D eigenvalue weighted by Crippen LogP contribution is 2.23. The second-order valence-electron chi connectivity index (χ2n) is 6.27. The lowest BCUT2D eigenvalue weighted by Gasteiger charge is -2.16. The molecule has 0 heterocycles. The monoisotopic (exact) mass is 267 g/mol. The van der Waals surface area contributed by atoms with Gasteiger partial charge in [-0.05, 0) is 5.92 Å². The van der Waals surface area contributed by atoms with Crippen molar-refractivity contribution >= 4 is 0 Å². The van der Waals surface area contributed by atoms with Gasteiger partial charge in [-0.3, -0.25) is 0 Å². The van der Waals surface area contributed by atoms with Gasteiger partial charge in [0.15, 0.2) is 0 Å². The van der Waals surface area contributed by atoms with Crippen LogP contribution in [0.25, 0.3) is 0 Å². The molecule has 0 aliphatic rings. The van der Waals surface area contributed by atoms with Gasteiger partial charge in [0.1, 0.15) is 0 Å². The van der Waals surface area contributed by atoms with E-state index < -0.39 is 0 Å². The topological polar surface area (TPSA) is 0 Å². The van der Waals surface area contributed by atoms with Crippen molar-refractivity contribution in [3.05, 3.63) is 6.92 Å². The standard InChI is InChI=1S/C19H39/c1-4-7-10-11-12-13-15-18-19(16-9-6-3)17-14-8-5-2/h19H,3-18H2,1-2H3. The highest BCUT2D eigenvalue weighted by atomic mass is 14.1. The van der Waals surface area contributed by atoms with Gasteiger partial charge in [0.2, 0.25) is 0 Å². The molecule has 1 atom stereocenters. The minimum Gasteiger partial charge on any atom is -0.0654 e. The van der Waals surface area contributed by atoms with Crippen molar-refractivity contribution in [1.29, 1.82) is 0 Å². The van der Waals surface area contributed by atoms with Crippen LogP contribution >= 0.6 is 0 Å². The molecule has 0 aliphatic carbocycles. The van der Waals surface area contributed by atoms with Crippen molar-refractivity contribution < 1.29 is 0 Å². The van der Waals surface area contributed by atoms with Crippen LogP contribution in [0.1, 0.15) is 110 Å². The van der Waals surface area contributed by atoms with Crippen molar-refractivity contribution in [2.75, 3.05) is 0 Å². The van der Waals surface area contributed by atoms with Gasteiger partial charge in [-0.2, -0.15) is 0 Å². The third kappa shape index (κ3) is 14.2. The molecule has 0 heteroatoms. The first-order chi connectivity index (χ1) is 9.35. The lowest BCUT2D eigenvalue weighted by atomic mass is 9.90. The van der Waals surface area contributed by atoms with Gasteiger partial charge >= 0.3 is 0 Å². The van der Waals surface area contributed by atoms with Crippen molar-refractivity contribution in [3.63, 3.8) is 0 Å². The summed E-state index contributed by atoms with van der Waals surface area (Å²) in [7, 11) is 0. The Hall–Kier alpha value is 0. The second kappa shape index (κ2) is 16.1. The quantitative estimate of drug-likeness (QED) is 0.272. The molecule has 0 aromatic rings. The molecule has 0 bridgehead atoms. The molecule has 0 N–H and O–H groups in total. The minimum absolute atomic E-state index is 1.00. The van der Waals surface area contributed by atoms with Gasteiger partial charge in [-0.15, -0.1) is 0 Å². The Kier molecular flexibility index (Phi) is 16.1. The maximum atomic E-state index is 3.99. The molecule has 115 valence electrons. The van der Waals surface area contributed by atoms with Gasteiger partial charge in [-0.25, -0.2) is 0 Å². The highest BCUT2D eigenvalue weighted by Gasteiger charge is 2.07. The fraction of sp³-hybridized carbons (Fsp3) is 0.947. The Morgan fingerprint density at radius 1 is 0.579 bits per heavy atom. The van der Waals surface area contributed by atoms with Gasteiger partial charge < -0.3 is 0 Å². The van der Waals surface area contributed by atoms with E-state index in [-0.39, 0.29) is 0 Å². The molecule has 0 rings (SSSR count). The van der Waals surface area contributed by atoms with Crippen molar-refractivity contribution in [2.24, 2.45) is 5.92 Å². The van der Waals surface area contributed by atoms with Crippen LogP contribution in [0.2, 0.25) is 0 Å². The molecule has 0 saturated carbocycles. The van der Waals surface area contributed by atoms with Crippen LogP contribution in [0.5, 0.6) is 0 Å². The summed E-state index contributed by atoms with van der Waals surface area (Å²) < 4.78 is 0. The summed E-state index contributed by atoms with van der Waals surface area (Å²) in [5, 5.41) is 0. The zero-order chi connectivity index (χ0) is 14.2. The fourth-order valence-corrected chi connectivity index (χ4v) is 2.94. The first-order valence-corrected chi connectivity index (χ1v) is 9.14. The third-order valence-corrected chi connectivity index (χ3v) is 4.29. The molecule has 0 saturated heterocycles. The molecule has 19 heavy (non-hydrogen) atoms. The molecule has 0 amide bonds. The lowest BCUT2D eigenvalue weighted by molar-refractivity contribution is 0.375. The average molecular weight is 268 g/mol. The Morgan fingerprint density at radius 3 is 1.58 bits per heavy atom. The van der Waals surface area contributed by atoms with Gasteiger partial charge in [0, 0.05) is 0 Å². The molecule has 0 spiro atoms. The van der Waals surface area contributed by atoms with Crippen LogP contribution in [-0.2, 0) is 0 Å². The van der Waals surface area contributed by atoms with E-state index in [0.29, 0.717) is 0 Å². The van der Waals surface area contributed by atoms with Crippen molar-refractivity contribution in [2.45, 2.75) is 110 Å². The summed E-state index contributed by atoms with van der Waals surface area (Å²) in [6, 6.07) is 0. The van der Waals surface area contributed by atoms with Crippen molar-refractivity contribution in [3.8, 4) is 0 Å². The first-order valence-electron chi connectivity index (χ1n) is 9.14. The normalized spacial score (nSPS) is 12.8. The van der Waals surface area contributed by atoms with Crippen LogP contribution in [-0.4, -0.2) is 0 Å². The van der Waals surface area contributed by atoms with Crippen LogP contribution < -0.4 is 0 Å². The van der Waals surface area contributed by atoms with Crippen molar-refractivity contribution in [1.82, 2.24) is 0 Å². The van der Waals surface area contributed by atoms with Crippen LogP contribution in [0.15, 0.2) is 0 Å². The van der Waals surface area contributed by atoms with Crippen LogP contribution in [0, 0.1) is 12.8 Å². The molecule has 0 aliphatic heterocycles. The Balaban J connectivity index is 3.49. The average Bonchev–Trinajstić information content (AvgIpc) is 2.43. The van der Waals surface area contributed by atoms with E-state index in [1.165, 1.54) is 89.9 Å². The summed E-state index contributed by atoms with van der Waals surface area (Å²) in [4.78, 5) is 0. The highest BCUT2D eigenvalue weighted by molar-refractivity contribution is 4.61. The molecule has 0 fully saturated rings. The summed E-state index contributed by atoms with van der Waals surface area (Å²) in [6.07, 6.45) is 21.2. The maximum Gasteiger partial charge on any atom is -0.0414 e. The number of hydrogen-bond donors (Lipinski definition) is 0. The molecular weight excluding hydrogens is 228 g/mol. The SMILES string of the molecule is [CH2]CCCC(CCCCC)CCCCCCCCC. The zero-order valence-electron chi connectivity index (χ0n) is 13.9. The van der Waals surface area contributed by atoms with E-state index >= 15 is 0 Å². The predicted molar refractivity (Wildman–Crippen MR) is 89.5 cm³/mol. The second-order valence-corrected chi connectivity index (χ2v) is 6.27. The van der Waals surface area contributed by atoms with E-state index in [1.807, 2.05) is 0 Å².